The third-order valence-electron chi connectivity index (χ3n) is 5.04. The molecule has 2 fully saturated rings. The number of anilines is 3. The van der Waals surface area contributed by atoms with Gasteiger partial charge < -0.3 is 25.0 Å². The monoisotopic (exact) mass is 382 g/mol. The highest BCUT2D eigenvalue weighted by Crippen LogP contribution is 2.29. The molecule has 0 bridgehead atoms. The number of hydrogen-bond acceptors (Lipinski definition) is 6. The van der Waals surface area contributed by atoms with Gasteiger partial charge in [0.25, 0.3) is 5.91 Å². The number of rotatable bonds is 6. The van der Waals surface area contributed by atoms with Gasteiger partial charge in [0.15, 0.2) is 0 Å². The predicted octanol–water partition coefficient (Wildman–Crippen LogP) is 2.57. The fraction of sp³-hybridized carbons (Fsp3) is 0.429. The molecule has 3 heterocycles. The molecule has 0 saturated carbocycles. The van der Waals surface area contributed by atoms with Crippen LogP contribution >= 0.6 is 0 Å². The van der Waals surface area contributed by atoms with Crippen molar-refractivity contribution in [3.05, 3.63) is 48.3 Å². The van der Waals surface area contributed by atoms with E-state index in [0.29, 0.717) is 12.2 Å². The van der Waals surface area contributed by atoms with Crippen LogP contribution in [-0.4, -0.2) is 56.5 Å². The van der Waals surface area contributed by atoms with Gasteiger partial charge in [-0.25, -0.2) is 0 Å². The predicted molar refractivity (Wildman–Crippen MR) is 108 cm³/mol. The average molecular weight is 382 g/mol. The summed E-state index contributed by atoms with van der Waals surface area (Å²) in [5, 5.41) is 6.35. The van der Waals surface area contributed by atoms with E-state index in [1.165, 1.54) is 0 Å². The van der Waals surface area contributed by atoms with Crippen LogP contribution in [0.3, 0.4) is 0 Å². The maximum absolute atomic E-state index is 12.4. The number of carbonyl (C=O) groups excluding carboxylic acids is 1. The van der Waals surface area contributed by atoms with Gasteiger partial charge in [0.1, 0.15) is 5.69 Å². The van der Waals surface area contributed by atoms with Gasteiger partial charge in [-0.1, -0.05) is 12.1 Å². The number of pyridine rings is 1. The topological polar surface area (TPSA) is 75.7 Å². The van der Waals surface area contributed by atoms with E-state index in [4.69, 9.17) is 9.47 Å². The highest BCUT2D eigenvalue weighted by molar-refractivity contribution is 5.93. The number of nitrogens with zero attached hydrogens (tertiary/aromatic N) is 2. The Morgan fingerprint density at radius 1 is 1.18 bits per heavy atom. The van der Waals surface area contributed by atoms with Gasteiger partial charge in [0.05, 0.1) is 30.7 Å². The number of carbonyl (C=O) groups is 1. The molecule has 1 aromatic heterocycles. The van der Waals surface area contributed by atoms with Crippen molar-refractivity contribution in [2.75, 3.05) is 49.7 Å². The maximum Gasteiger partial charge on any atom is 0.270 e. The minimum Gasteiger partial charge on any atom is -0.378 e. The van der Waals surface area contributed by atoms with Crippen molar-refractivity contribution in [2.45, 2.75) is 18.9 Å². The van der Waals surface area contributed by atoms with Crippen molar-refractivity contribution in [2.24, 2.45) is 0 Å². The van der Waals surface area contributed by atoms with Gasteiger partial charge in [0.2, 0.25) is 0 Å². The smallest absolute Gasteiger partial charge is 0.270 e. The third kappa shape index (κ3) is 4.61. The summed E-state index contributed by atoms with van der Waals surface area (Å²) in [5.74, 6) is -0.180. The summed E-state index contributed by atoms with van der Waals surface area (Å²) in [6, 6.07) is 11.8. The lowest BCUT2D eigenvalue weighted by molar-refractivity contribution is 0.0854. The Morgan fingerprint density at radius 2 is 2.04 bits per heavy atom. The number of benzene rings is 1. The standard InChI is InChI=1S/C21H26N4O3/c26-21(23-15-17-4-3-11-28-17)19-14-16(7-8-22-19)24-18-5-1-2-6-20(18)25-9-12-27-13-10-25/h1-2,5-8,14,17H,3-4,9-13,15H2,(H,22,24)(H,23,26). The molecule has 2 aromatic rings. The summed E-state index contributed by atoms with van der Waals surface area (Å²) in [7, 11) is 0. The molecular weight excluding hydrogens is 356 g/mol. The molecular formula is C21H26N4O3. The molecule has 1 unspecified atom stereocenters. The van der Waals surface area contributed by atoms with E-state index in [2.05, 4.69) is 26.6 Å². The van der Waals surface area contributed by atoms with Crippen LogP contribution in [0.25, 0.3) is 0 Å². The fourth-order valence-corrected chi connectivity index (χ4v) is 3.55. The number of amides is 1. The Hall–Kier alpha value is -2.64. The molecule has 0 radical (unpaired) electrons. The molecule has 0 spiro atoms. The van der Waals surface area contributed by atoms with Crippen molar-refractivity contribution >= 4 is 23.0 Å². The summed E-state index contributed by atoms with van der Waals surface area (Å²) in [5.41, 5.74) is 3.36. The van der Waals surface area contributed by atoms with Gasteiger partial charge in [0, 0.05) is 38.1 Å². The van der Waals surface area contributed by atoms with Crippen molar-refractivity contribution in [3.63, 3.8) is 0 Å². The molecule has 2 aliphatic rings. The van der Waals surface area contributed by atoms with Crippen molar-refractivity contribution < 1.29 is 14.3 Å². The lowest BCUT2D eigenvalue weighted by Crippen LogP contribution is -2.36. The maximum atomic E-state index is 12.4. The minimum absolute atomic E-state index is 0.116. The molecule has 1 atom stereocenters. The average Bonchev–Trinajstić information content (AvgIpc) is 3.27. The SMILES string of the molecule is O=C(NCC1CCCO1)c1cc(Nc2ccccc2N2CCOCC2)ccn1. The summed E-state index contributed by atoms with van der Waals surface area (Å²) >= 11 is 0. The largest absolute Gasteiger partial charge is 0.378 e. The molecule has 7 nitrogen and oxygen atoms in total. The highest BCUT2D eigenvalue weighted by Gasteiger charge is 2.18. The number of nitrogens with one attached hydrogen (secondary N) is 2. The first kappa shape index (κ1) is 18.7. The normalized spacial score (nSPS) is 19.4. The van der Waals surface area contributed by atoms with Crippen LogP contribution in [0, 0.1) is 0 Å². The molecule has 2 saturated heterocycles. The molecule has 7 heteroatoms. The van der Waals surface area contributed by atoms with Gasteiger partial charge >= 0.3 is 0 Å². The summed E-state index contributed by atoms with van der Waals surface area (Å²) < 4.78 is 11.0. The minimum atomic E-state index is -0.180. The first-order valence-electron chi connectivity index (χ1n) is 9.84. The molecule has 2 aliphatic heterocycles. The molecule has 1 amide bonds. The summed E-state index contributed by atoms with van der Waals surface area (Å²) in [6.07, 6.45) is 3.82. The Labute approximate surface area is 165 Å². The Morgan fingerprint density at radius 3 is 2.86 bits per heavy atom. The van der Waals surface area contributed by atoms with Gasteiger partial charge in [-0.05, 0) is 37.1 Å². The van der Waals surface area contributed by atoms with Crippen LogP contribution in [0.15, 0.2) is 42.6 Å². The number of aromatic nitrogens is 1. The summed E-state index contributed by atoms with van der Waals surface area (Å²) in [6.45, 7) is 4.51. The first-order valence-corrected chi connectivity index (χ1v) is 9.84. The van der Waals surface area contributed by atoms with Crippen LogP contribution in [0.2, 0.25) is 0 Å². The molecule has 2 N–H and O–H groups in total. The fourth-order valence-electron chi connectivity index (χ4n) is 3.55. The second kappa shape index (κ2) is 9.03. The number of hydrogen-bond donors (Lipinski definition) is 2. The van der Waals surface area contributed by atoms with Crippen LogP contribution < -0.4 is 15.5 Å². The first-order chi connectivity index (χ1) is 13.8. The van der Waals surface area contributed by atoms with Crippen molar-refractivity contribution in [1.29, 1.82) is 0 Å². The molecule has 148 valence electrons. The van der Waals surface area contributed by atoms with E-state index in [0.717, 1.165) is 62.8 Å². The van der Waals surface area contributed by atoms with Crippen LogP contribution in [0.5, 0.6) is 0 Å². The second-order valence-electron chi connectivity index (χ2n) is 7.02. The van der Waals surface area contributed by atoms with Gasteiger partial charge in [-0.2, -0.15) is 0 Å². The van der Waals surface area contributed by atoms with E-state index in [1.807, 2.05) is 24.3 Å². The van der Waals surface area contributed by atoms with E-state index >= 15 is 0 Å². The molecule has 0 aliphatic carbocycles. The number of para-hydroxylation sites is 2. The molecule has 4 rings (SSSR count). The molecule has 1 aromatic carbocycles. The van der Waals surface area contributed by atoms with Crippen LogP contribution in [0.4, 0.5) is 17.1 Å². The zero-order valence-electron chi connectivity index (χ0n) is 15.9. The Bertz CT molecular complexity index is 802. The number of ether oxygens (including phenoxy) is 2. The number of morpholine rings is 1. The van der Waals surface area contributed by atoms with Gasteiger partial charge in [-0.15, -0.1) is 0 Å². The lowest BCUT2D eigenvalue weighted by atomic mass is 10.2. The van der Waals surface area contributed by atoms with E-state index in [9.17, 15) is 4.79 Å². The Kier molecular flexibility index (Phi) is 6.04. The third-order valence-corrected chi connectivity index (χ3v) is 5.04. The van der Waals surface area contributed by atoms with Crippen molar-refractivity contribution in [3.8, 4) is 0 Å². The quantitative estimate of drug-likeness (QED) is 0.800. The summed E-state index contributed by atoms with van der Waals surface area (Å²) in [4.78, 5) is 19.0. The van der Waals surface area contributed by atoms with Gasteiger partial charge in [-0.3, -0.25) is 9.78 Å². The van der Waals surface area contributed by atoms with Crippen LogP contribution in [0.1, 0.15) is 23.3 Å². The van der Waals surface area contributed by atoms with E-state index < -0.39 is 0 Å². The lowest BCUT2D eigenvalue weighted by Gasteiger charge is -2.30. The second-order valence-corrected chi connectivity index (χ2v) is 7.02. The molecule has 28 heavy (non-hydrogen) atoms. The van der Waals surface area contributed by atoms with E-state index in [-0.39, 0.29) is 12.0 Å². The van der Waals surface area contributed by atoms with E-state index in [1.54, 1.807) is 12.3 Å². The Balaban J connectivity index is 1.44. The van der Waals surface area contributed by atoms with Crippen molar-refractivity contribution in [1.82, 2.24) is 10.3 Å². The zero-order valence-corrected chi connectivity index (χ0v) is 15.9. The zero-order chi connectivity index (χ0) is 19.2. The highest BCUT2D eigenvalue weighted by atomic mass is 16.5. The van der Waals surface area contributed by atoms with Crippen LogP contribution in [-0.2, 0) is 9.47 Å².